The summed E-state index contributed by atoms with van der Waals surface area (Å²) < 4.78 is 23.9. The summed E-state index contributed by atoms with van der Waals surface area (Å²) in [5.74, 6) is 0. The number of H-pyrrole nitrogens is 1. The topological polar surface area (TPSA) is 32.9 Å². The van der Waals surface area contributed by atoms with E-state index in [-0.39, 0.29) is 16.4 Å². The number of aldehydes is 1. The molecule has 0 saturated carbocycles. The highest BCUT2D eigenvalue weighted by molar-refractivity contribution is 6.30. The zero-order chi connectivity index (χ0) is 8.43. The normalized spacial score (nSPS) is 10.5. The van der Waals surface area contributed by atoms with Crippen molar-refractivity contribution in [3.8, 4) is 0 Å². The Hall–Kier alpha value is -0.900. The number of aromatic nitrogens is 1. The van der Waals surface area contributed by atoms with Crippen LogP contribution < -0.4 is 0 Å². The van der Waals surface area contributed by atoms with Gasteiger partial charge in [0.05, 0.1) is 11.3 Å². The van der Waals surface area contributed by atoms with E-state index in [9.17, 15) is 13.6 Å². The van der Waals surface area contributed by atoms with Crippen molar-refractivity contribution < 1.29 is 13.6 Å². The Labute approximate surface area is 66.2 Å². The zero-order valence-electron chi connectivity index (χ0n) is 5.27. The lowest BCUT2D eigenvalue weighted by atomic mass is 10.3. The van der Waals surface area contributed by atoms with Gasteiger partial charge in [-0.25, -0.2) is 8.78 Å². The number of carbonyl (C=O) groups is 1. The van der Waals surface area contributed by atoms with Crippen molar-refractivity contribution in [3.63, 3.8) is 0 Å². The van der Waals surface area contributed by atoms with E-state index >= 15 is 0 Å². The third-order valence-electron chi connectivity index (χ3n) is 1.18. The number of halogens is 3. The zero-order valence-corrected chi connectivity index (χ0v) is 6.03. The van der Waals surface area contributed by atoms with Crippen molar-refractivity contribution >= 4 is 17.9 Å². The Bertz CT molecular complexity index is 272. The molecule has 0 spiro atoms. The maximum Gasteiger partial charge on any atom is 0.266 e. The molecule has 0 aliphatic heterocycles. The molecule has 0 fully saturated rings. The molecule has 1 aromatic heterocycles. The van der Waals surface area contributed by atoms with Crippen LogP contribution in [0.25, 0.3) is 0 Å². The predicted molar refractivity (Wildman–Crippen MR) is 36.1 cm³/mol. The van der Waals surface area contributed by atoms with Crippen LogP contribution in [0.5, 0.6) is 0 Å². The van der Waals surface area contributed by atoms with E-state index in [1.165, 1.54) is 0 Å². The average molecular weight is 180 g/mol. The minimum atomic E-state index is -2.65. The average Bonchev–Trinajstić information content (AvgIpc) is 2.30. The maximum absolute atomic E-state index is 12.0. The van der Waals surface area contributed by atoms with E-state index < -0.39 is 6.43 Å². The molecule has 0 aromatic carbocycles. The van der Waals surface area contributed by atoms with Crippen LogP contribution >= 0.6 is 11.6 Å². The van der Waals surface area contributed by atoms with E-state index in [0.29, 0.717) is 6.29 Å². The SMILES string of the molecule is O=Cc1cc(C(F)F)c(Cl)[nH]1. The van der Waals surface area contributed by atoms with Crippen LogP contribution in [0.3, 0.4) is 0 Å². The lowest BCUT2D eigenvalue weighted by Crippen LogP contribution is -1.78. The van der Waals surface area contributed by atoms with Gasteiger partial charge in [-0.1, -0.05) is 11.6 Å². The van der Waals surface area contributed by atoms with Gasteiger partial charge in [-0.15, -0.1) is 0 Å². The molecule has 60 valence electrons. The van der Waals surface area contributed by atoms with Gasteiger partial charge in [0.1, 0.15) is 5.15 Å². The molecule has 0 radical (unpaired) electrons. The number of hydrogen-bond acceptors (Lipinski definition) is 1. The smallest absolute Gasteiger partial charge is 0.266 e. The summed E-state index contributed by atoms with van der Waals surface area (Å²) in [6.45, 7) is 0. The summed E-state index contributed by atoms with van der Waals surface area (Å²) >= 11 is 5.32. The molecule has 0 aliphatic carbocycles. The number of alkyl halides is 2. The van der Waals surface area contributed by atoms with Gasteiger partial charge in [0, 0.05) is 0 Å². The molecule has 0 unspecified atom stereocenters. The van der Waals surface area contributed by atoms with Crippen LogP contribution in [0, 0.1) is 0 Å². The van der Waals surface area contributed by atoms with Crippen LogP contribution in [0.15, 0.2) is 6.07 Å². The molecule has 1 heterocycles. The van der Waals surface area contributed by atoms with Gasteiger partial charge >= 0.3 is 0 Å². The molecule has 5 heteroatoms. The summed E-state index contributed by atoms with van der Waals surface area (Å²) in [5, 5.41) is -0.179. The number of nitrogens with one attached hydrogen (secondary N) is 1. The Morgan fingerprint density at radius 3 is 2.55 bits per heavy atom. The fraction of sp³-hybridized carbons (Fsp3) is 0.167. The number of aromatic amines is 1. The summed E-state index contributed by atoms with van der Waals surface area (Å²) in [7, 11) is 0. The van der Waals surface area contributed by atoms with Crippen LogP contribution in [-0.4, -0.2) is 11.3 Å². The first-order valence-electron chi connectivity index (χ1n) is 2.77. The highest BCUT2D eigenvalue weighted by atomic mass is 35.5. The van der Waals surface area contributed by atoms with Crippen molar-refractivity contribution in [2.24, 2.45) is 0 Å². The number of hydrogen-bond donors (Lipinski definition) is 1. The van der Waals surface area contributed by atoms with E-state index in [1.807, 2.05) is 0 Å². The molecule has 1 aromatic rings. The van der Waals surface area contributed by atoms with Crippen LogP contribution in [0.4, 0.5) is 8.78 Å². The minimum absolute atomic E-state index is 0.0605. The molecule has 1 N–H and O–H groups in total. The molecule has 0 aliphatic rings. The first-order chi connectivity index (χ1) is 5.15. The summed E-state index contributed by atoms with van der Waals surface area (Å²) in [4.78, 5) is 12.4. The van der Waals surface area contributed by atoms with Crippen LogP contribution in [-0.2, 0) is 0 Å². The lowest BCUT2D eigenvalue weighted by molar-refractivity contribution is 0.111. The lowest BCUT2D eigenvalue weighted by Gasteiger charge is -1.91. The standard InChI is InChI=1S/C6H4ClF2NO/c7-5-4(6(8)9)1-3(2-11)10-5/h1-2,6,10H. The monoisotopic (exact) mass is 179 g/mol. The molecule has 2 nitrogen and oxygen atoms in total. The second-order valence-electron chi connectivity index (χ2n) is 1.91. The number of rotatable bonds is 2. The molecule has 11 heavy (non-hydrogen) atoms. The van der Waals surface area contributed by atoms with Crippen molar-refractivity contribution in [2.45, 2.75) is 6.43 Å². The molecule has 0 saturated heterocycles. The van der Waals surface area contributed by atoms with Gasteiger partial charge in [0.15, 0.2) is 6.29 Å². The van der Waals surface area contributed by atoms with E-state index in [0.717, 1.165) is 6.07 Å². The van der Waals surface area contributed by atoms with Crippen LogP contribution in [0.2, 0.25) is 5.15 Å². The van der Waals surface area contributed by atoms with Crippen molar-refractivity contribution in [1.82, 2.24) is 4.98 Å². The fourth-order valence-corrected chi connectivity index (χ4v) is 0.934. The first-order valence-corrected chi connectivity index (χ1v) is 3.14. The summed E-state index contributed by atoms with van der Waals surface area (Å²) in [6, 6.07) is 1.03. The molecule has 1 rings (SSSR count). The second kappa shape index (κ2) is 3.00. The number of carbonyl (C=O) groups excluding carboxylic acids is 1. The Morgan fingerprint density at radius 1 is 1.64 bits per heavy atom. The highest BCUT2D eigenvalue weighted by Gasteiger charge is 2.14. The summed E-state index contributed by atoms with van der Waals surface area (Å²) in [5.41, 5.74) is -0.279. The van der Waals surface area contributed by atoms with Gasteiger partial charge < -0.3 is 4.98 Å². The Kier molecular flexibility index (Phi) is 2.24. The molecule has 0 atom stereocenters. The first kappa shape index (κ1) is 8.20. The van der Waals surface area contributed by atoms with Gasteiger partial charge in [0.2, 0.25) is 0 Å². The molecular formula is C6H4ClF2NO. The second-order valence-corrected chi connectivity index (χ2v) is 2.29. The molecular weight excluding hydrogens is 176 g/mol. The Morgan fingerprint density at radius 2 is 2.27 bits per heavy atom. The third kappa shape index (κ3) is 1.57. The minimum Gasteiger partial charge on any atom is -0.343 e. The van der Waals surface area contributed by atoms with Gasteiger partial charge in [-0.05, 0) is 6.07 Å². The van der Waals surface area contributed by atoms with Crippen molar-refractivity contribution in [1.29, 1.82) is 0 Å². The van der Waals surface area contributed by atoms with Crippen molar-refractivity contribution in [2.75, 3.05) is 0 Å². The predicted octanol–water partition coefficient (Wildman–Crippen LogP) is 2.42. The van der Waals surface area contributed by atoms with Crippen molar-refractivity contribution in [3.05, 3.63) is 22.5 Å². The van der Waals surface area contributed by atoms with Crippen LogP contribution in [0.1, 0.15) is 22.5 Å². The van der Waals surface area contributed by atoms with Gasteiger partial charge in [0.25, 0.3) is 6.43 Å². The van der Waals surface area contributed by atoms with E-state index in [1.54, 1.807) is 0 Å². The largest absolute Gasteiger partial charge is 0.343 e. The van der Waals surface area contributed by atoms with E-state index in [4.69, 9.17) is 11.6 Å². The van der Waals surface area contributed by atoms with Gasteiger partial charge in [-0.2, -0.15) is 0 Å². The van der Waals surface area contributed by atoms with Gasteiger partial charge in [-0.3, -0.25) is 4.79 Å². The fourth-order valence-electron chi connectivity index (χ4n) is 0.688. The third-order valence-corrected chi connectivity index (χ3v) is 1.49. The van der Waals surface area contributed by atoms with E-state index in [2.05, 4.69) is 4.98 Å². The molecule has 0 bridgehead atoms. The molecule has 0 amide bonds. The maximum atomic E-state index is 12.0. The quantitative estimate of drug-likeness (QED) is 0.695. The highest BCUT2D eigenvalue weighted by Crippen LogP contribution is 2.26. The summed E-state index contributed by atoms with van der Waals surface area (Å²) in [6.07, 6.45) is -2.22. The Balaban J connectivity index is 3.06.